The highest BCUT2D eigenvalue weighted by atomic mass is 79.9. The topological polar surface area (TPSA) is 79.5 Å². The van der Waals surface area contributed by atoms with Gasteiger partial charge < -0.3 is 9.52 Å². The van der Waals surface area contributed by atoms with Gasteiger partial charge in [-0.1, -0.05) is 19.1 Å². The first kappa shape index (κ1) is 14.7. The number of benzene rings is 1. The van der Waals surface area contributed by atoms with Crippen LogP contribution in [0.2, 0.25) is 0 Å². The van der Waals surface area contributed by atoms with Gasteiger partial charge in [0, 0.05) is 4.47 Å². The second kappa shape index (κ2) is 6.62. The molecule has 6 nitrogen and oxygen atoms in total. The lowest BCUT2D eigenvalue weighted by atomic mass is 10.2. The summed E-state index contributed by atoms with van der Waals surface area (Å²) in [5.41, 5.74) is 0.813. The van der Waals surface area contributed by atoms with Crippen molar-refractivity contribution in [3.63, 3.8) is 0 Å². The largest absolute Gasteiger partial charge is 0.480 e. The van der Waals surface area contributed by atoms with E-state index in [9.17, 15) is 4.79 Å². The van der Waals surface area contributed by atoms with E-state index in [1.165, 1.54) is 0 Å². The molecular formula is C13H14BrN3O3. The molecule has 0 aliphatic heterocycles. The molecule has 106 valence electrons. The number of nitrogens with zero attached hydrogens (tertiary/aromatic N) is 3. The standard InChI is InChI=1S/C13H14BrN3O3/c1-2-17(8-12(18)19)7-11-15-16-13(20-11)9-5-3-4-6-10(9)14/h3-6H,2,7-8H2,1H3,(H,18,19). The molecule has 0 amide bonds. The zero-order chi connectivity index (χ0) is 14.5. The Hall–Kier alpha value is -1.73. The van der Waals surface area contributed by atoms with E-state index in [2.05, 4.69) is 26.1 Å². The number of aromatic nitrogens is 2. The zero-order valence-corrected chi connectivity index (χ0v) is 12.5. The molecule has 20 heavy (non-hydrogen) atoms. The Kier molecular flexibility index (Phi) is 4.86. The molecule has 0 saturated carbocycles. The minimum absolute atomic E-state index is 0.0523. The fourth-order valence-electron chi connectivity index (χ4n) is 1.72. The molecule has 7 heteroatoms. The molecule has 0 radical (unpaired) electrons. The van der Waals surface area contributed by atoms with Gasteiger partial charge in [-0.05, 0) is 34.6 Å². The monoisotopic (exact) mass is 339 g/mol. The summed E-state index contributed by atoms with van der Waals surface area (Å²) in [6, 6.07) is 7.54. The predicted octanol–water partition coefficient (Wildman–Crippen LogP) is 2.41. The molecule has 2 rings (SSSR count). The summed E-state index contributed by atoms with van der Waals surface area (Å²) in [7, 11) is 0. The van der Waals surface area contributed by atoms with Gasteiger partial charge in [0.2, 0.25) is 11.8 Å². The number of aliphatic carboxylic acids is 1. The molecule has 2 aromatic rings. The first-order chi connectivity index (χ1) is 9.60. The Morgan fingerprint density at radius 1 is 1.40 bits per heavy atom. The van der Waals surface area contributed by atoms with Crippen LogP contribution in [0.1, 0.15) is 12.8 Å². The molecule has 0 spiro atoms. The predicted molar refractivity (Wildman–Crippen MR) is 76.0 cm³/mol. The average Bonchev–Trinajstić information content (AvgIpc) is 2.86. The van der Waals surface area contributed by atoms with Crippen molar-refractivity contribution in [3.05, 3.63) is 34.6 Å². The Bertz CT molecular complexity index is 600. The van der Waals surface area contributed by atoms with Crippen LogP contribution in [0.4, 0.5) is 0 Å². The van der Waals surface area contributed by atoms with Crippen molar-refractivity contribution in [3.8, 4) is 11.5 Å². The minimum Gasteiger partial charge on any atom is -0.480 e. The van der Waals surface area contributed by atoms with Gasteiger partial charge in [0.25, 0.3) is 0 Å². The van der Waals surface area contributed by atoms with Crippen LogP contribution < -0.4 is 0 Å². The van der Waals surface area contributed by atoms with E-state index in [1.54, 1.807) is 4.90 Å². The van der Waals surface area contributed by atoms with Crippen molar-refractivity contribution >= 4 is 21.9 Å². The van der Waals surface area contributed by atoms with E-state index in [4.69, 9.17) is 9.52 Å². The van der Waals surface area contributed by atoms with Gasteiger partial charge in [0.15, 0.2) is 0 Å². The number of rotatable bonds is 6. The van der Waals surface area contributed by atoms with Crippen LogP contribution in [0.15, 0.2) is 33.2 Å². The molecule has 0 bridgehead atoms. The summed E-state index contributed by atoms with van der Waals surface area (Å²) in [6.45, 7) is 2.75. The third kappa shape index (κ3) is 3.64. The lowest BCUT2D eigenvalue weighted by Gasteiger charge is -2.14. The Labute approximate surface area is 124 Å². The summed E-state index contributed by atoms with van der Waals surface area (Å²) in [6.07, 6.45) is 0. The van der Waals surface area contributed by atoms with Crippen molar-refractivity contribution in [2.24, 2.45) is 0 Å². The van der Waals surface area contributed by atoms with Crippen LogP contribution in [-0.2, 0) is 11.3 Å². The SMILES string of the molecule is CCN(CC(=O)O)Cc1nnc(-c2ccccc2Br)o1. The highest BCUT2D eigenvalue weighted by Gasteiger charge is 2.15. The van der Waals surface area contributed by atoms with E-state index in [0.717, 1.165) is 10.0 Å². The first-order valence-corrected chi connectivity index (χ1v) is 6.91. The molecule has 1 aromatic heterocycles. The van der Waals surface area contributed by atoms with Crippen molar-refractivity contribution in [2.45, 2.75) is 13.5 Å². The molecule has 0 unspecified atom stereocenters. The lowest BCUT2D eigenvalue weighted by molar-refractivity contribution is -0.138. The quantitative estimate of drug-likeness (QED) is 0.870. The van der Waals surface area contributed by atoms with E-state index < -0.39 is 5.97 Å². The zero-order valence-electron chi connectivity index (χ0n) is 10.9. The highest BCUT2D eigenvalue weighted by Crippen LogP contribution is 2.26. The first-order valence-electron chi connectivity index (χ1n) is 6.11. The Balaban J connectivity index is 2.13. The summed E-state index contributed by atoms with van der Waals surface area (Å²) in [5.74, 6) is -0.0601. The summed E-state index contributed by atoms with van der Waals surface area (Å²) in [5, 5.41) is 16.7. The maximum absolute atomic E-state index is 10.7. The maximum Gasteiger partial charge on any atom is 0.317 e. The van der Waals surface area contributed by atoms with E-state index in [1.807, 2.05) is 31.2 Å². The van der Waals surface area contributed by atoms with Crippen molar-refractivity contribution in [1.82, 2.24) is 15.1 Å². The van der Waals surface area contributed by atoms with Gasteiger partial charge in [-0.15, -0.1) is 10.2 Å². The molecule has 1 N–H and O–H groups in total. The molecule has 0 fully saturated rings. The van der Waals surface area contributed by atoms with E-state index in [-0.39, 0.29) is 6.54 Å². The van der Waals surface area contributed by atoms with Gasteiger partial charge in [0.1, 0.15) is 0 Å². The summed E-state index contributed by atoms with van der Waals surface area (Å²) < 4.78 is 6.45. The van der Waals surface area contributed by atoms with Crippen LogP contribution in [-0.4, -0.2) is 39.3 Å². The van der Waals surface area contributed by atoms with Crippen LogP contribution in [0, 0.1) is 0 Å². The lowest BCUT2D eigenvalue weighted by Crippen LogP contribution is -2.29. The summed E-state index contributed by atoms with van der Waals surface area (Å²) >= 11 is 3.42. The normalized spacial score (nSPS) is 10.9. The number of halogens is 1. The third-order valence-electron chi connectivity index (χ3n) is 2.74. The van der Waals surface area contributed by atoms with E-state index in [0.29, 0.717) is 24.9 Å². The third-order valence-corrected chi connectivity index (χ3v) is 3.43. The van der Waals surface area contributed by atoms with Crippen LogP contribution in [0.5, 0.6) is 0 Å². The number of hydrogen-bond acceptors (Lipinski definition) is 5. The second-order valence-corrected chi connectivity index (χ2v) is 5.03. The van der Waals surface area contributed by atoms with Crippen molar-refractivity contribution < 1.29 is 14.3 Å². The number of hydrogen-bond donors (Lipinski definition) is 1. The van der Waals surface area contributed by atoms with Crippen LogP contribution >= 0.6 is 15.9 Å². The summed E-state index contributed by atoms with van der Waals surface area (Å²) in [4.78, 5) is 12.4. The Morgan fingerprint density at radius 3 is 2.80 bits per heavy atom. The molecule has 0 saturated heterocycles. The Morgan fingerprint density at radius 2 is 2.15 bits per heavy atom. The van der Waals surface area contributed by atoms with Gasteiger partial charge in [0.05, 0.1) is 18.7 Å². The molecule has 0 atom stereocenters. The van der Waals surface area contributed by atoms with Crippen molar-refractivity contribution in [1.29, 1.82) is 0 Å². The number of carboxylic acid groups (broad SMARTS) is 1. The second-order valence-electron chi connectivity index (χ2n) is 4.18. The number of carbonyl (C=O) groups is 1. The average molecular weight is 340 g/mol. The molecule has 0 aliphatic carbocycles. The van der Waals surface area contributed by atoms with Gasteiger partial charge in [-0.3, -0.25) is 9.69 Å². The van der Waals surface area contributed by atoms with E-state index >= 15 is 0 Å². The number of carboxylic acids is 1. The van der Waals surface area contributed by atoms with Gasteiger partial charge in [-0.25, -0.2) is 0 Å². The number of likely N-dealkylation sites (N-methyl/N-ethyl adjacent to an activating group) is 1. The molecule has 1 heterocycles. The highest BCUT2D eigenvalue weighted by molar-refractivity contribution is 9.10. The van der Waals surface area contributed by atoms with Crippen molar-refractivity contribution in [2.75, 3.05) is 13.1 Å². The molecule has 1 aromatic carbocycles. The minimum atomic E-state index is -0.877. The fraction of sp³-hybridized carbons (Fsp3) is 0.308. The molecule has 0 aliphatic rings. The fourth-order valence-corrected chi connectivity index (χ4v) is 2.18. The van der Waals surface area contributed by atoms with Gasteiger partial charge in [-0.2, -0.15) is 0 Å². The maximum atomic E-state index is 10.7. The van der Waals surface area contributed by atoms with Gasteiger partial charge >= 0.3 is 5.97 Å². The van der Waals surface area contributed by atoms with Crippen LogP contribution in [0.3, 0.4) is 0 Å². The van der Waals surface area contributed by atoms with Crippen LogP contribution in [0.25, 0.3) is 11.5 Å². The molecular weight excluding hydrogens is 326 g/mol. The smallest absolute Gasteiger partial charge is 0.317 e.